The molecule has 1 amide bonds. The molecule has 3 aromatic rings. The first-order chi connectivity index (χ1) is 15.0. The van der Waals surface area contributed by atoms with Crippen molar-refractivity contribution < 1.29 is 19.0 Å². The first-order valence-electron chi connectivity index (χ1n) is 10.4. The van der Waals surface area contributed by atoms with Crippen LogP contribution in [0, 0.1) is 5.92 Å². The molecule has 8 nitrogen and oxygen atoms in total. The van der Waals surface area contributed by atoms with Gasteiger partial charge in [0.05, 0.1) is 12.3 Å². The molecule has 31 heavy (non-hydrogen) atoms. The fraction of sp³-hybridized carbons (Fsp3) is 0.348. The van der Waals surface area contributed by atoms with Gasteiger partial charge in [-0.2, -0.15) is 4.98 Å². The fourth-order valence-corrected chi connectivity index (χ4v) is 3.13. The average molecular weight is 422 g/mol. The lowest BCUT2D eigenvalue weighted by Gasteiger charge is -2.08. The van der Waals surface area contributed by atoms with E-state index in [0.29, 0.717) is 42.3 Å². The van der Waals surface area contributed by atoms with E-state index in [1.165, 1.54) is 0 Å². The topological polar surface area (TPSA) is 87.5 Å². The molecule has 1 aliphatic rings. The number of carbonyl (C=O) groups excluding carboxylic acids is 1. The number of amides is 1. The molecular formula is C23H26N4O4. The summed E-state index contributed by atoms with van der Waals surface area (Å²) in [5, 5.41) is 7.46. The van der Waals surface area contributed by atoms with Gasteiger partial charge in [-0.15, -0.1) is 5.10 Å². The number of benzene rings is 2. The highest BCUT2D eigenvalue weighted by Crippen LogP contribution is 2.36. The summed E-state index contributed by atoms with van der Waals surface area (Å²) < 4.78 is 18.4. The van der Waals surface area contributed by atoms with Gasteiger partial charge in [-0.1, -0.05) is 20.8 Å². The number of anilines is 1. The summed E-state index contributed by atoms with van der Waals surface area (Å²) in [6.45, 7) is 6.85. The van der Waals surface area contributed by atoms with Crippen LogP contribution in [0.4, 0.5) is 5.69 Å². The van der Waals surface area contributed by atoms with Gasteiger partial charge >= 0.3 is 6.01 Å². The van der Waals surface area contributed by atoms with Gasteiger partial charge in [0.2, 0.25) is 12.7 Å². The summed E-state index contributed by atoms with van der Waals surface area (Å²) in [5.74, 6) is 2.36. The Balaban J connectivity index is 1.66. The number of fused-ring (bicyclic) bond motifs is 1. The molecule has 2 aromatic carbocycles. The first-order valence-corrected chi connectivity index (χ1v) is 10.4. The molecule has 4 rings (SSSR count). The van der Waals surface area contributed by atoms with E-state index < -0.39 is 0 Å². The quantitative estimate of drug-likeness (QED) is 0.578. The highest BCUT2D eigenvalue weighted by molar-refractivity contribution is 5.90. The Labute approximate surface area is 181 Å². The molecule has 0 atom stereocenters. The van der Waals surface area contributed by atoms with Crippen molar-refractivity contribution in [2.75, 3.05) is 18.7 Å². The van der Waals surface area contributed by atoms with Crippen LogP contribution in [0.5, 0.6) is 17.5 Å². The number of aromatic nitrogens is 3. The Morgan fingerprint density at radius 1 is 1.16 bits per heavy atom. The number of carbonyl (C=O) groups is 1. The third kappa shape index (κ3) is 4.79. The van der Waals surface area contributed by atoms with E-state index in [1.807, 2.05) is 49.4 Å². The zero-order valence-corrected chi connectivity index (χ0v) is 17.9. The molecule has 8 heteroatoms. The van der Waals surface area contributed by atoms with Crippen LogP contribution < -0.4 is 19.5 Å². The third-order valence-corrected chi connectivity index (χ3v) is 4.64. The monoisotopic (exact) mass is 422 g/mol. The molecule has 0 radical (unpaired) electrons. The molecular weight excluding hydrogens is 396 g/mol. The molecule has 0 fully saturated rings. The van der Waals surface area contributed by atoms with E-state index in [2.05, 4.69) is 29.2 Å². The van der Waals surface area contributed by atoms with Gasteiger partial charge < -0.3 is 19.5 Å². The van der Waals surface area contributed by atoms with E-state index in [4.69, 9.17) is 14.2 Å². The molecule has 0 bridgehead atoms. The van der Waals surface area contributed by atoms with Crippen LogP contribution in [0.3, 0.4) is 0 Å². The van der Waals surface area contributed by atoms with Gasteiger partial charge in [0, 0.05) is 17.7 Å². The summed E-state index contributed by atoms with van der Waals surface area (Å²) in [6, 6.07) is 13.4. The number of nitrogens with one attached hydrogen (secondary N) is 1. The van der Waals surface area contributed by atoms with Crippen LogP contribution in [0.2, 0.25) is 0 Å². The van der Waals surface area contributed by atoms with Crippen molar-refractivity contribution in [2.24, 2.45) is 5.92 Å². The molecule has 0 saturated carbocycles. The number of hydrogen-bond donors (Lipinski definition) is 1. The largest absolute Gasteiger partial charge is 0.462 e. The number of ether oxygens (including phenoxy) is 3. The standard InChI is InChI=1S/C23H26N4O4/c1-4-5-21(28)24-17-7-9-18(10-8-17)27-22(25-23(26-27)29-13-15(2)3)16-6-11-19-20(12-16)31-14-30-19/h6-12,15H,4-5,13-14H2,1-3H3,(H,24,28). The smallest absolute Gasteiger partial charge is 0.336 e. The van der Waals surface area contributed by atoms with Gasteiger partial charge in [-0.05, 0) is 54.8 Å². The van der Waals surface area contributed by atoms with Crippen LogP contribution in [0.15, 0.2) is 42.5 Å². The summed E-state index contributed by atoms with van der Waals surface area (Å²) in [7, 11) is 0. The van der Waals surface area contributed by atoms with Gasteiger partial charge in [0.15, 0.2) is 17.3 Å². The average Bonchev–Trinajstić information content (AvgIpc) is 3.39. The Kier molecular flexibility index (Phi) is 6.06. The summed E-state index contributed by atoms with van der Waals surface area (Å²) in [6.07, 6.45) is 1.30. The molecule has 0 spiro atoms. The highest BCUT2D eigenvalue weighted by atomic mass is 16.7. The molecule has 162 valence electrons. The Bertz CT molecular complexity index is 1060. The summed E-state index contributed by atoms with van der Waals surface area (Å²) in [5.41, 5.74) is 2.37. The minimum atomic E-state index is 0.00132. The van der Waals surface area contributed by atoms with Gasteiger partial charge in [-0.25, -0.2) is 4.68 Å². The van der Waals surface area contributed by atoms with Crippen molar-refractivity contribution in [1.29, 1.82) is 0 Å². The SMILES string of the molecule is CCCC(=O)Nc1ccc(-n2nc(OCC(C)C)nc2-c2ccc3c(c2)OCO3)cc1. The van der Waals surface area contributed by atoms with E-state index >= 15 is 0 Å². The Morgan fingerprint density at radius 2 is 1.94 bits per heavy atom. The van der Waals surface area contributed by atoms with E-state index in [1.54, 1.807) is 4.68 Å². The normalized spacial score (nSPS) is 12.3. The second-order valence-corrected chi connectivity index (χ2v) is 7.75. The number of nitrogens with zero attached hydrogens (tertiary/aromatic N) is 3. The molecule has 2 heterocycles. The summed E-state index contributed by atoms with van der Waals surface area (Å²) >= 11 is 0. The number of rotatable bonds is 8. The van der Waals surface area contributed by atoms with Gasteiger partial charge in [0.1, 0.15) is 0 Å². The van der Waals surface area contributed by atoms with E-state index in [-0.39, 0.29) is 12.7 Å². The maximum atomic E-state index is 11.9. The van der Waals surface area contributed by atoms with Crippen LogP contribution in [-0.2, 0) is 4.79 Å². The third-order valence-electron chi connectivity index (χ3n) is 4.64. The van der Waals surface area contributed by atoms with E-state index in [9.17, 15) is 4.79 Å². The van der Waals surface area contributed by atoms with Crippen LogP contribution in [0.25, 0.3) is 17.1 Å². The lowest BCUT2D eigenvalue weighted by atomic mass is 10.2. The lowest BCUT2D eigenvalue weighted by molar-refractivity contribution is -0.116. The lowest BCUT2D eigenvalue weighted by Crippen LogP contribution is -2.10. The van der Waals surface area contributed by atoms with Crippen molar-refractivity contribution in [2.45, 2.75) is 33.6 Å². The Morgan fingerprint density at radius 3 is 2.68 bits per heavy atom. The fourth-order valence-electron chi connectivity index (χ4n) is 3.13. The minimum Gasteiger partial charge on any atom is -0.462 e. The van der Waals surface area contributed by atoms with Crippen LogP contribution >= 0.6 is 0 Å². The van der Waals surface area contributed by atoms with Crippen molar-refractivity contribution in [3.63, 3.8) is 0 Å². The van der Waals surface area contributed by atoms with Gasteiger partial charge in [-0.3, -0.25) is 4.79 Å². The first kappa shape index (κ1) is 20.7. The predicted octanol–water partition coefficient (Wildman–Crippen LogP) is 4.44. The van der Waals surface area contributed by atoms with Crippen molar-refractivity contribution in [3.05, 3.63) is 42.5 Å². The zero-order valence-electron chi connectivity index (χ0n) is 17.9. The van der Waals surface area contributed by atoms with Crippen LogP contribution in [0.1, 0.15) is 33.6 Å². The van der Waals surface area contributed by atoms with Crippen LogP contribution in [-0.4, -0.2) is 34.1 Å². The number of hydrogen-bond acceptors (Lipinski definition) is 6. The van der Waals surface area contributed by atoms with E-state index in [0.717, 1.165) is 23.4 Å². The molecule has 0 saturated heterocycles. The molecule has 1 aromatic heterocycles. The molecule has 1 N–H and O–H groups in total. The predicted molar refractivity (Wildman–Crippen MR) is 117 cm³/mol. The van der Waals surface area contributed by atoms with Crippen molar-refractivity contribution >= 4 is 11.6 Å². The van der Waals surface area contributed by atoms with Crippen molar-refractivity contribution in [3.8, 4) is 34.6 Å². The Hall–Kier alpha value is -3.55. The summed E-state index contributed by atoms with van der Waals surface area (Å²) in [4.78, 5) is 16.5. The minimum absolute atomic E-state index is 0.00132. The molecule has 1 aliphatic heterocycles. The van der Waals surface area contributed by atoms with Gasteiger partial charge in [0.25, 0.3) is 0 Å². The molecule has 0 aliphatic carbocycles. The maximum Gasteiger partial charge on any atom is 0.336 e. The second kappa shape index (κ2) is 9.07. The zero-order chi connectivity index (χ0) is 21.8. The molecule has 0 unspecified atom stereocenters. The second-order valence-electron chi connectivity index (χ2n) is 7.75. The highest BCUT2D eigenvalue weighted by Gasteiger charge is 2.19. The van der Waals surface area contributed by atoms with Crippen molar-refractivity contribution in [1.82, 2.24) is 14.8 Å². The maximum absolute atomic E-state index is 11.9.